The molecule has 226 valence electrons. The first-order chi connectivity index (χ1) is 20.9. The molecule has 9 heteroatoms. The van der Waals surface area contributed by atoms with Gasteiger partial charge in [0.25, 0.3) is 0 Å². The average Bonchev–Trinajstić information content (AvgIpc) is 3.26. The number of hydrogen-bond acceptors (Lipinski definition) is 6. The Bertz CT molecular complexity index is 1520. The third-order valence-electron chi connectivity index (χ3n) is 10.2. The van der Waals surface area contributed by atoms with Crippen molar-refractivity contribution in [2.45, 2.75) is 57.8 Å². The predicted molar refractivity (Wildman–Crippen MR) is 168 cm³/mol. The van der Waals surface area contributed by atoms with Gasteiger partial charge in [-0.3, -0.25) is 9.69 Å². The van der Waals surface area contributed by atoms with E-state index in [1.54, 1.807) is 12.1 Å². The van der Waals surface area contributed by atoms with Crippen LogP contribution in [0, 0.1) is 29.0 Å². The van der Waals surface area contributed by atoms with Crippen molar-refractivity contribution in [3.8, 4) is 5.75 Å². The largest absolute Gasteiger partial charge is 0.491 e. The van der Waals surface area contributed by atoms with Gasteiger partial charge in [-0.1, -0.05) is 36.9 Å². The van der Waals surface area contributed by atoms with Gasteiger partial charge < -0.3 is 15.4 Å². The van der Waals surface area contributed by atoms with Gasteiger partial charge in [-0.2, -0.15) is 0 Å². The number of carbonyl (C=O) groups excluding carboxylic acids is 1. The van der Waals surface area contributed by atoms with E-state index in [4.69, 9.17) is 16.3 Å². The van der Waals surface area contributed by atoms with E-state index in [1.807, 2.05) is 18.2 Å². The number of amides is 1. The molecule has 1 aromatic heterocycles. The van der Waals surface area contributed by atoms with E-state index in [-0.39, 0.29) is 10.9 Å². The first-order valence-corrected chi connectivity index (χ1v) is 16.1. The van der Waals surface area contributed by atoms with Crippen molar-refractivity contribution in [3.05, 3.63) is 59.7 Å². The molecule has 4 fully saturated rings. The molecule has 1 aliphatic heterocycles. The molecule has 3 saturated carbocycles. The molecule has 4 aliphatic rings. The van der Waals surface area contributed by atoms with E-state index in [0.29, 0.717) is 51.8 Å². The zero-order valence-corrected chi connectivity index (χ0v) is 25.2. The van der Waals surface area contributed by atoms with Crippen molar-refractivity contribution in [3.63, 3.8) is 0 Å². The molecule has 2 unspecified atom stereocenters. The van der Waals surface area contributed by atoms with Crippen LogP contribution < -0.4 is 15.4 Å². The minimum absolute atomic E-state index is 0.0198. The lowest BCUT2D eigenvalue weighted by Crippen LogP contribution is -2.41. The minimum atomic E-state index is -0.488. The molecule has 1 spiro atoms. The van der Waals surface area contributed by atoms with Crippen molar-refractivity contribution in [1.29, 1.82) is 0 Å². The summed E-state index contributed by atoms with van der Waals surface area (Å²) in [6.45, 7) is 3.67. The molecular weight excluding hydrogens is 565 g/mol. The Labute approximate surface area is 257 Å². The van der Waals surface area contributed by atoms with Crippen LogP contribution in [0.25, 0.3) is 10.9 Å². The second kappa shape index (κ2) is 12.0. The number of likely N-dealkylation sites (tertiary alicyclic amines) is 1. The monoisotopic (exact) mass is 603 g/mol. The molecule has 7 nitrogen and oxygen atoms in total. The highest BCUT2D eigenvalue weighted by Crippen LogP contribution is 2.55. The molecule has 2 atom stereocenters. The third kappa shape index (κ3) is 6.22. The number of aromatic nitrogens is 2. The number of halogens is 2. The Morgan fingerprint density at radius 3 is 2.63 bits per heavy atom. The standard InChI is InChI=1S/C34H39ClFN5O2/c35-27-13-25(8-9-28(27)36)39-33-26-14-30(40-32(42)5-4-12-41-18-23-6-7-24(23)19-41)31(15-29(26)37-21-38-33)43-20-22-16-34(17-22)10-2-1-3-11-34/h4-5,8-9,13-15,21-24H,1-3,6-7,10-12,16-20H2,(H,40,42)(H,37,38,39). The van der Waals surface area contributed by atoms with Gasteiger partial charge >= 0.3 is 0 Å². The molecule has 2 N–H and O–H groups in total. The molecule has 0 radical (unpaired) electrons. The predicted octanol–water partition coefficient (Wildman–Crippen LogP) is 7.74. The summed E-state index contributed by atoms with van der Waals surface area (Å²) in [5.41, 5.74) is 2.37. The molecule has 2 aromatic carbocycles. The molecule has 1 amide bonds. The van der Waals surface area contributed by atoms with E-state index >= 15 is 0 Å². The first kappa shape index (κ1) is 28.5. The number of ether oxygens (including phenoxy) is 1. The van der Waals surface area contributed by atoms with E-state index < -0.39 is 5.82 Å². The minimum Gasteiger partial charge on any atom is -0.491 e. The molecule has 1 saturated heterocycles. The fourth-order valence-electron chi connectivity index (χ4n) is 7.80. The lowest BCUT2D eigenvalue weighted by Gasteiger charge is -2.50. The Hall–Kier alpha value is -3.23. The van der Waals surface area contributed by atoms with Crippen LogP contribution in [0.3, 0.4) is 0 Å². The smallest absolute Gasteiger partial charge is 0.248 e. The highest BCUT2D eigenvalue weighted by atomic mass is 35.5. The Kier molecular flexibility index (Phi) is 7.99. The zero-order chi connectivity index (χ0) is 29.4. The normalized spacial score (nSPS) is 23.2. The number of hydrogen-bond donors (Lipinski definition) is 2. The van der Waals surface area contributed by atoms with Crippen molar-refractivity contribution in [2.24, 2.45) is 23.2 Å². The van der Waals surface area contributed by atoms with Crippen LogP contribution in [-0.4, -0.2) is 47.0 Å². The van der Waals surface area contributed by atoms with Crippen LogP contribution in [0.2, 0.25) is 5.02 Å². The summed E-state index contributed by atoms with van der Waals surface area (Å²) in [5, 5.41) is 7.00. The zero-order valence-electron chi connectivity index (χ0n) is 24.5. The second-order valence-electron chi connectivity index (χ2n) is 13.2. The summed E-state index contributed by atoms with van der Waals surface area (Å²) in [7, 11) is 0. The van der Waals surface area contributed by atoms with Gasteiger partial charge in [0, 0.05) is 42.9 Å². The maximum absolute atomic E-state index is 13.7. The number of carbonyl (C=O) groups is 1. The summed E-state index contributed by atoms with van der Waals surface area (Å²) in [5.74, 6) is 2.65. The van der Waals surface area contributed by atoms with Crippen molar-refractivity contribution in [2.75, 3.05) is 36.9 Å². The summed E-state index contributed by atoms with van der Waals surface area (Å²) in [6.07, 6.45) is 16.9. The topological polar surface area (TPSA) is 79.4 Å². The Balaban J connectivity index is 1.09. The summed E-state index contributed by atoms with van der Waals surface area (Å²) in [6, 6.07) is 8.14. The third-order valence-corrected chi connectivity index (χ3v) is 10.5. The molecule has 3 aliphatic carbocycles. The van der Waals surface area contributed by atoms with Crippen LogP contribution in [0.15, 0.2) is 48.8 Å². The summed E-state index contributed by atoms with van der Waals surface area (Å²) in [4.78, 5) is 24.5. The van der Waals surface area contributed by atoms with E-state index in [9.17, 15) is 9.18 Å². The molecule has 2 heterocycles. The second-order valence-corrected chi connectivity index (χ2v) is 13.6. The molecular formula is C34H39ClFN5O2. The van der Waals surface area contributed by atoms with Gasteiger partial charge in [-0.05, 0) is 86.0 Å². The van der Waals surface area contributed by atoms with Gasteiger partial charge in [-0.15, -0.1) is 0 Å². The fourth-order valence-corrected chi connectivity index (χ4v) is 7.98. The van der Waals surface area contributed by atoms with Gasteiger partial charge in [0.05, 0.1) is 22.8 Å². The van der Waals surface area contributed by atoms with E-state index in [2.05, 4.69) is 25.5 Å². The quantitative estimate of drug-likeness (QED) is 0.244. The SMILES string of the molecule is O=C(C=CCN1CC2CCC2C1)Nc1cc2c(Nc3ccc(F)c(Cl)c3)ncnc2cc1OCC1CC2(CCCCC2)C1. The highest BCUT2D eigenvalue weighted by molar-refractivity contribution is 6.31. The van der Waals surface area contributed by atoms with Crippen LogP contribution in [0.1, 0.15) is 57.8 Å². The van der Waals surface area contributed by atoms with E-state index in [0.717, 1.165) is 31.5 Å². The van der Waals surface area contributed by atoms with E-state index in [1.165, 1.54) is 76.2 Å². The number of nitrogens with one attached hydrogen (secondary N) is 2. The van der Waals surface area contributed by atoms with Gasteiger partial charge in [-0.25, -0.2) is 14.4 Å². The maximum atomic E-state index is 13.7. The molecule has 3 aromatic rings. The van der Waals surface area contributed by atoms with Gasteiger partial charge in [0.2, 0.25) is 5.91 Å². The van der Waals surface area contributed by atoms with Crippen LogP contribution in [-0.2, 0) is 4.79 Å². The highest BCUT2D eigenvalue weighted by Gasteiger charge is 2.44. The fraction of sp³-hybridized carbons (Fsp3) is 0.500. The lowest BCUT2D eigenvalue weighted by molar-refractivity contribution is -0.111. The van der Waals surface area contributed by atoms with Crippen LogP contribution in [0.4, 0.5) is 21.6 Å². The number of rotatable bonds is 9. The Morgan fingerprint density at radius 2 is 1.88 bits per heavy atom. The number of anilines is 3. The average molecular weight is 604 g/mol. The van der Waals surface area contributed by atoms with Crippen molar-refractivity contribution < 1.29 is 13.9 Å². The van der Waals surface area contributed by atoms with Gasteiger partial charge in [0.1, 0.15) is 23.7 Å². The van der Waals surface area contributed by atoms with Crippen molar-refractivity contribution in [1.82, 2.24) is 14.9 Å². The lowest BCUT2D eigenvalue weighted by atomic mass is 9.56. The maximum Gasteiger partial charge on any atom is 0.248 e. The first-order valence-electron chi connectivity index (χ1n) is 15.8. The number of fused-ring (bicyclic) bond motifs is 2. The summed E-state index contributed by atoms with van der Waals surface area (Å²) < 4.78 is 20.1. The number of benzene rings is 2. The van der Waals surface area contributed by atoms with Crippen LogP contribution >= 0.6 is 11.6 Å². The van der Waals surface area contributed by atoms with Crippen LogP contribution in [0.5, 0.6) is 5.75 Å². The molecule has 0 bridgehead atoms. The summed E-state index contributed by atoms with van der Waals surface area (Å²) >= 11 is 6.01. The van der Waals surface area contributed by atoms with Gasteiger partial charge in [0.15, 0.2) is 0 Å². The number of nitrogens with zero attached hydrogens (tertiary/aromatic N) is 3. The van der Waals surface area contributed by atoms with Crippen molar-refractivity contribution >= 4 is 45.6 Å². The molecule has 7 rings (SSSR count). The Morgan fingerprint density at radius 1 is 1.09 bits per heavy atom. The molecule has 43 heavy (non-hydrogen) atoms.